The van der Waals surface area contributed by atoms with E-state index in [-0.39, 0.29) is 21.7 Å². The van der Waals surface area contributed by atoms with E-state index in [0.29, 0.717) is 0 Å². The topological polar surface area (TPSA) is 49.9 Å². The Hall–Kier alpha value is -0.920. The number of fused-ring (bicyclic) bond motifs is 8. The lowest BCUT2D eigenvalue weighted by molar-refractivity contribution is 0.307. The van der Waals surface area contributed by atoms with Gasteiger partial charge in [-0.15, -0.1) is 0 Å². The van der Waals surface area contributed by atoms with Crippen molar-refractivity contribution in [3.05, 3.63) is 47.8 Å². The van der Waals surface area contributed by atoms with Gasteiger partial charge in [-0.3, -0.25) is 0 Å². The van der Waals surface area contributed by atoms with E-state index in [4.69, 9.17) is 18.1 Å². The van der Waals surface area contributed by atoms with E-state index in [1.165, 1.54) is 0 Å². The van der Waals surface area contributed by atoms with Crippen LogP contribution in [0.15, 0.2) is 47.8 Å². The maximum absolute atomic E-state index is 6.79. The van der Waals surface area contributed by atoms with Crippen LogP contribution in [0.3, 0.4) is 0 Å². The monoisotopic (exact) mass is 572 g/mol. The quantitative estimate of drug-likeness (QED) is 0.266. The molecule has 8 nitrogen and oxygen atoms in total. The summed E-state index contributed by atoms with van der Waals surface area (Å²) in [4.78, 5) is 0. The highest BCUT2D eigenvalue weighted by Crippen LogP contribution is 2.85. The van der Waals surface area contributed by atoms with Crippen molar-refractivity contribution >= 4 is 33.8 Å². The fourth-order valence-electron chi connectivity index (χ4n) is 3.56. The molecule has 0 bridgehead atoms. The highest BCUT2D eigenvalue weighted by atomic mass is 31.3. The smallest absolute Gasteiger partial charge is 0.324 e. The first-order valence-electron chi connectivity index (χ1n) is 12.3. The van der Waals surface area contributed by atoms with Gasteiger partial charge in [-0.2, -0.15) is 0 Å². The van der Waals surface area contributed by atoms with E-state index in [1.807, 2.05) is 0 Å². The van der Waals surface area contributed by atoms with Gasteiger partial charge in [0, 0.05) is 21.7 Å². The van der Waals surface area contributed by atoms with Crippen molar-refractivity contribution in [2.75, 3.05) is 0 Å². The molecule has 1 saturated heterocycles. The number of hydrogen-bond donors (Lipinski definition) is 0. The summed E-state index contributed by atoms with van der Waals surface area (Å²) < 4.78 is 36.4. The SMILES string of the molecule is CC(C)(C)C1=CN2P(O1)N1C=C(C(C)(C)C)OP1N1C=C(C(C)(C)C)OP1N1C=C(C(C)(C)C)OP21. The van der Waals surface area contributed by atoms with Crippen LogP contribution < -0.4 is 0 Å². The van der Waals surface area contributed by atoms with E-state index in [1.54, 1.807) is 0 Å². The van der Waals surface area contributed by atoms with Crippen molar-refractivity contribution < 1.29 is 18.1 Å². The lowest BCUT2D eigenvalue weighted by Gasteiger charge is -2.43. The molecule has 0 amide bonds. The van der Waals surface area contributed by atoms with Gasteiger partial charge in [-0.1, -0.05) is 83.1 Å². The summed E-state index contributed by atoms with van der Waals surface area (Å²) >= 11 is 0. The number of hydrogen-bond acceptors (Lipinski definition) is 8. The van der Waals surface area contributed by atoms with Crippen LogP contribution >= 0.6 is 33.8 Å². The molecule has 0 spiro atoms. The van der Waals surface area contributed by atoms with Gasteiger partial charge < -0.3 is 18.1 Å². The Morgan fingerprint density at radius 3 is 0.694 bits per heavy atom. The Labute approximate surface area is 222 Å². The molecule has 0 aromatic heterocycles. The number of allylic oxidation sites excluding steroid dienone is 4. The molecule has 200 valence electrons. The minimum Gasteiger partial charge on any atom is -0.438 e. The maximum atomic E-state index is 6.79. The first-order valence-corrected chi connectivity index (χ1v) is 17.0. The Bertz CT molecular complexity index is 880. The van der Waals surface area contributed by atoms with Crippen LogP contribution in [0.1, 0.15) is 83.1 Å². The Balaban J connectivity index is 1.65. The average molecular weight is 573 g/mol. The third-order valence-corrected chi connectivity index (χ3v) is 14.9. The molecule has 0 N–H and O–H groups in total. The highest BCUT2D eigenvalue weighted by molar-refractivity contribution is 7.79. The first kappa shape index (κ1) is 26.7. The van der Waals surface area contributed by atoms with Gasteiger partial charge in [0.1, 0.15) is 23.0 Å². The third kappa shape index (κ3) is 4.49. The van der Waals surface area contributed by atoms with E-state index in [0.717, 1.165) is 23.0 Å². The normalized spacial score (nSPS) is 29.9. The van der Waals surface area contributed by atoms with Gasteiger partial charge in [-0.05, 0) is 0 Å². The molecule has 0 unspecified atom stereocenters. The lowest BCUT2D eigenvalue weighted by atomic mass is 9.95. The molecular weight excluding hydrogens is 532 g/mol. The molecular formula is C24H40N4O4P4. The second-order valence-corrected chi connectivity index (χ2v) is 21.1. The van der Waals surface area contributed by atoms with Crippen molar-refractivity contribution in [2.24, 2.45) is 21.7 Å². The molecule has 0 aliphatic carbocycles. The molecule has 0 aromatic rings. The van der Waals surface area contributed by atoms with E-state index in [2.05, 4.69) is 126 Å². The van der Waals surface area contributed by atoms with Crippen LogP contribution in [-0.2, 0) is 18.1 Å². The second-order valence-electron chi connectivity index (χ2n) is 13.6. The fraction of sp³-hybridized carbons (Fsp3) is 0.667. The molecule has 0 radical (unpaired) electrons. The van der Waals surface area contributed by atoms with Crippen LogP contribution in [0.4, 0.5) is 0 Å². The van der Waals surface area contributed by atoms with E-state index >= 15 is 0 Å². The third-order valence-electron chi connectivity index (χ3n) is 6.01. The number of rotatable bonds is 0. The average Bonchev–Trinajstić information content (AvgIpc) is 3.44. The molecule has 36 heavy (non-hydrogen) atoms. The molecule has 1 fully saturated rings. The maximum Gasteiger partial charge on any atom is 0.324 e. The van der Waals surface area contributed by atoms with E-state index < -0.39 is 33.8 Å². The van der Waals surface area contributed by atoms with Crippen molar-refractivity contribution in [1.82, 2.24) is 17.8 Å². The fourth-order valence-corrected chi connectivity index (χ4v) is 14.4. The van der Waals surface area contributed by atoms with Gasteiger partial charge >= 0.3 is 33.8 Å². The summed E-state index contributed by atoms with van der Waals surface area (Å²) in [7, 11) is -4.88. The zero-order valence-corrected chi connectivity index (χ0v) is 27.1. The van der Waals surface area contributed by atoms with Crippen molar-refractivity contribution in [3.63, 3.8) is 0 Å². The Kier molecular flexibility index (Phi) is 6.14. The van der Waals surface area contributed by atoms with Crippen LogP contribution in [0.5, 0.6) is 0 Å². The molecule has 12 heteroatoms. The largest absolute Gasteiger partial charge is 0.438 e. The first-order chi connectivity index (χ1) is 16.4. The summed E-state index contributed by atoms with van der Waals surface area (Å²) in [6.45, 7) is 26.3. The van der Waals surface area contributed by atoms with Gasteiger partial charge in [-0.25, -0.2) is 17.8 Å². The lowest BCUT2D eigenvalue weighted by Crippen LogP contribution is -2.25. The molecule has 5 aliphatic heterocycles. The zero-order chi connectivity index (χ0) is 26.6. The highest BCUT2D eigenvalue weighted by Gasteiger charge is 2.60. The molecule has 5 rings (SSSR count). The number of nitrogens with zero attached hydrogens (tertiary/aromatic N) is 4. The molecule has 5 heterocycles. The standard InChI is InChI=1S/C24H40N4O4P4/c1-21(2,3)17-13-25-33(29-17)26-14-18(22(4,5)6)31-35(26)28-16-20(24(10,11)12)32-36(28)27-15-19(23(7,8)9)30-34(25)27/h13-16H,1-12H3. The van der Waals surface area contributed by atoms with Crippen molar-refractivity contribution in [2.45, 2.75) is 83.1 Å². The van der Waals surface area contributed by atoms with Crippen molar-refractivity contribution in [3.8, 4) is 0 Å². The summed E-state index contributed by atoms with van der Waals surface area (Å²) in [6.07, 6.45) is 8.72. The molecule has 5 aliphatic rings. The predicted molar refractivity (Wildman–Crippen MR) is 150 cm³/mol. The van der Waals surface area contributed by atoms with Gasteiger partial charge in [0.25, 0.3) is 0 Å². The van der Waals surface area contributed by atoms with Crippen LogP contribution in [0.25, 0.3) is 0 Å². The van der Waals surface area contributed by atoms with Gasteiger partial charge in [0.15, 0.2) is 0 Å². The summed E-state index contributed by atoms with van der Waals surface area (Å²) in [5.41, 5.74) is -0.497. The Morgan fingerprint density at radius 2 is 0.556 bits per heavy atom. The van der Waals surface area contributed by atoms with Gasteiger partial charge in [0.05, 0.1) is 24.8 Å². The molecule has 0 saturated carbocycles. The summed E-state index contributed by atoms with van der Waals surface area (Å²) in [5, 5.41) is 0. The van der Waals surface area contributed by atoms with Crippen LogP contribution in [-0.4, -0.2) is 17.8 Å². The van der Waals surface area contributed by atoms with Crippen LogP contribution in [0, 0.1) is 21.7 Å². The predicted octanol–water partition coefficient (Wildman–Crippen LogP) is 9.79. The summed E-state index contributed by atoms with van der Waals surface area (Å²) in [6, 6.07) is 0. The Morgan fingerprint density at radius 1 is 0.389 bits per heavy atom. The summed E-state index contributed by atoms with van der Waals surface area (Å²) in [5.74, 6) is 3.88. The van der Waals surface area contributed by atoms with Gasteiger partial charge in [0.2, 0.25) is 0 Å². The second kappa shape index (κ2) is 8.29. The molecule has 0 atom stereocenters. The van der Waals surface area contributed by atoms with E-state index in [9.17, 15) is 0 Å². The van der Waals surface area contributed by atoms with Crippen molar-refractivity contribution in [1.29, 1.82) is 0 Å². The zero-order valence-electron chi connectivity index (χ0n) is 23.5. The molecule has 0 aromatic carbocycles. The minimum absolute atomic E-state index is 0.124. The van der Waals surface area contributed by atoms with Crippen LogP contribution in [0.2, 0.25) is 0 Å². The minimum atomic E-state index is -1.22.